The lowest BCUT2D eigenvalue weighted by Gasteiger charge is -2.56. The molecule has 1 aliphatic heterocycles. The Morgan fingerprint density at radius 1 is 1.10 bits per heavy atom. The van der Waals surface area contributed by atoms with Crippen LogP contribution in [-0.2, 0) is 27.3 Å². The Bertz CT molecular complexity index is 1450. The summed E-state index contributed by atoms with van der Waals surface area (Å²) in [7, 11) is 7.03. The number of likely N-dealkylation sites (N-methyl/N-ethyl adjacent to an activating group) is 1. The van der Waals surface area contributed by atoms with E-state index in [1.165, 1.54) is 19.3 Å². The summed E-state index contributed by atoms with van der Waals surface area (Å²) in [5.41, 5.74) is -0.526. The quantitative estimate of drug-likeness (QED) is 0.392. The molecule has 10 heteroatoms. The van der Waals surface area contributed by atoms with Crippen LogP contribution in [0.25, 0.3) is 5.76 Å². The van der Waals surface area contributed by atoms with Gasteiger partial charge in [-0.25, -0.2) is 0 Å². The van der Waals surface area contributed by atoms with Crippen molar-refractivity contribution < 1.29 is 34.8 Å². The number of carbonyl (C=O) groups is 3. The number of nitrogens with zero attached hydrogens (tertiary/aromatic N) is 3. The fourth-order valence-corrected chi connectivity index (χ4v) is 8.22. The molecule has 1 aromatic carbocycles. The first-order chi connectivity index (χ1) is 19.2. The molecule has 0 unspecified atom stereocenters. The van der Waals surface area contributed by atoms with Gasteiger partial charge in [0.15, 0.2) is 17.2 Å². The van der Waals surface area contributed by atoms with Crippen LogP contribution in [0.15, 0.2) is 23.0 Å². The summed E-state index contributed by atoms with van der Waals surface area (Å²) in [6, 6.07) is 0.919. The van der Waals surface area contributed by atoms with Gasteiger partial charge in [0.05, 0.1) is 11.6 Å². The van der Waals surface area contributed by atoms with Gasteiger partial charge in [-0.1, -0.05) is 6.42 Å². The topological polar surface area (TPSA) is 142 Å². The van der Waals surface area contributed by atoms with Gasteiger partial charge < -0.3 is 25.3 Å². The molecule has 1 saturated heterocycles. The van der Waals surface area contributed by atoms with Crippen LogP contribution in [0.3, 0.4) is 0 Å². The van der Waals surface area contributed by atoms with Crippen molar-refractivity contribution in [3.8, 4) is 5.75 Å². The maximum absolute atomic E-state index is 14.1. The molecule has 0 amide bonds. The Morgan fingerprint density at radius 2 is 1.76 bits per heavy atom. The first-order valence-electron chi connectivity index (χ1n) is 14.3. The molecule has 5 aliphatic rings. The molecule has 10 nitrogen and oxygen atoms in total. The average molecular weight is 566 g/mol. The van der Waals surface area contributed by atoms with E-state index in [2.05, 4.69) is 4.90 Å². The third-order valence-electron chi connectivity index (χ3n) is 10.3. The van der Waals surface area contributed by atoms with Crippen molar-refractivity contribution >= 4 is 28.8 Å². The van der Waals surface area contributed by atoms with Crippen molar-refractivity contribution in [1.82, 2.24) is 9.80 Å². The summed E-state index contributed by atoms with van der Waals surface area (Å²) in [6.45, 7) is 3.56. The van der Waals surface area contributed by atoms with Crippen LogP contribution in [0.1, 0.15) is 49.3 Å². The van der Waals surface area contributed by atoms with Crippen molar-refractivity contribution in [2.24, 2.45) is 17.3 Å². The van der Waals surface area contributed by atoms with Gasteiger partial charge in [-0.15, -0.1) is 0 Å². The minimum absolute atomic E-state index is 0.0907. The number of rotatable bonds is 5. The van der Waals surface area contributed by atoms with Gasteiger partial charge in [-0.2, -0.15) is 0 Å². The van der Waals surface area contributed by atoms with Gasteiger partial charge in [-0.3, -0.25) is 24.2 Å². The lowest BCUT2D eigenvalue weighted by atomic mass is 9.57. The number of hydrogen-bond acceptors (Lipinski definition) is 10. The van der Waals surface area contributed by atoms with Crippen LogP contribution in [0.5, 0.6) is 5.75 Å². The highest BCUT2D eigenvalue weighted by atomic mass is 16.3. The number of aromatic hydroxyl groups is 1. The minimum Gasteiger partial charge on any atom is -0.508 e. The molecule has 1 aromatic rings. The van der Waals surface area contributed by atoms with E-state index in [9.17, 15) is 34.8 Å². The fourth-order valence-electron chi connectivity index (χ4n) is 8.22. The van der Waals surface area contributed by atoms with Crippen LogP contribution in [0.4, 0.5) is 5.69 Å². The molecule has 0 bridgehead atoms. The lowest BCUT2D eigenvalue weighted by Crippen LogP contribution is -2.65. The van der Waals surface area contributed by atoms with Crippen LogP contribution in [-0.4, -0.2) is 100 Å². The Morgan fingerprint density at radius 3 is 2.29 bits per heavy atom. The Labute approximate surface area is 239 Å². The highest BCUT2D eigenvalue weighted by Gasteiger charge is 2.64. The maximum atomic E-state index is 14.1. The summed E-state index contributed by atoms with van der Waals surface area (Å²) >= 11 is 0. The van der Waals surface area contributed by atoms with E-state index in [0.29, 0.717) is 29.5 Å². The molecule has 1 spiro atoms. The molecule has 4 aliphatic carbocycles. The van der Waals surface area contributed by atoms with E-state index in [0.717, 1.165) is 25.7 Å². The van der Waals surface area contributed by atoms with E-state index in [4.69, 9.17) is 0 Å². The summed E-state index contributed by atoms with van der Waals surface area (Å²) in [6.07, 6.45) is 4.12. The number of hydrogen-bond donors (Lipinski definition) is 4. The van der Waals surface area contributed by atoms with Crippen molar-refractivity contribution in [2.75, 3.05) is 46.2 Å². The standard InChI is InChI=1S/C31H39N3O7/c1-15(35)21-27(38)24(33(4)5)19-10-16-9-18-20(32(2)3)11-17(12-34-13-30(14-34)7-6-8-30)25(36)23(18)26(37)22(16)29(40)31(19,41)28(21)39/h11,16,19,24,36-37,39,41H,6-10,12-14H2,1-5H3/t16-,19-,24-,31+/m0/s1. The zero-order chi connectivity index (χ0) is 29.8. The highest BCUT2D eigenvalue weighted by Crippen LogP contribution is 2.55. The van der Waals surface area contributed by atoms with E-state index in [-0.39, 0.29) is 23.3 Å². The number of Topliss-reactive ketones (excluding diaryl/α,β-unsaturated/α-hetero) is 3. The van der Waals surface area contributed by atoms with Crippen molar-refractivity contribution in [3.05, 3.63) is 39.7 Å². The molecular formula is C31H39N3O7. The normalized spacial score (nSPS) is 30.6. The molecule has 4 atom stereocenters. The zero-order valence-electron chi connectivity index (χ0n) is 24.3. The lowest BCUT2D eigenvalue weighted by molar-refractivity contribution is -0.153. The Hall–Kier alpha value is -3.21. The van der Waals surface area contributed by atoms with Crippen LogP contribution in [0.2, 0.25) is 0 Å². The van der Waals surface area contributed by atoms with Gasteiger partial charge in [0, 0.05) is 56.5 Å². The van der Waals surface area contributed by atoms with Gasteiger partial charge in [0.1, 0.15) is 22.8 Å². The number of phenolic OH excluding ortho intramolecular Hbond substituents is 1. The monoisotopic (exact) mass is 565 g/mol. The number of aliphatic hydroxyl groups is 3. The molecule has 6 rings (SSSR count). The molecule has 2 saturated carbocycles. The summed E-state index contributed by atoms with van der Waals surface area (Å²) in [5, 5.41) is 46.2. The first-order valence-corrected chi connectivity index (χ1v) is 14.3. The first kappa shape index (κ1) is 27.9. The molecule has 41 heavy (non-hydrogen) atoms. The van der Waals surface area contributed by atoms with Gasteiger partial charge >= 0.3 is 0 Å². The second kappa shape index (κ2) is 9.14. The average Bonchev–Trinajstić information content (AvgIpc) is 2.82. The van der Waals surface area contributed by atoms with Crippen molar-refractivity contribution in [2.45, 2.75) is 57.2 Å². The predicted molar refractivity (Wildman–Crippen MR) is 152 cm³/mol. The largest absolute Gasteiger partial charge is 0.508 e. The van der Waals surface area contributed by atoms with E-state index >= 15 is 0 Å². The molecule has 4 N–H and O–H groups in total. The predicted octanol–water partition coefficient (Wildman–Crippen LogP) is 2.12. The highest BCUT2D eigenvalue weighted by molar-refractivity contribution is 6.25. The number of benzene rings is 1. The van der Waals surface area contributed by atoms with Gasteiger partial charge in [0.25, 0.3) is 0 Å². The third kappa shape index (κ3) is 3.76. The Balaban J connectivity index is 1.47. The SMILES string of the molecule is CC(=O)C1=C(O)[C@@]2(O)C(=O)C3=C(O)c4c(O)c(CN5CC6(CCC6)C5)cc(N(C)C)c4C[C@H]3C[C@H]2[C@H](N(C)C)C1=O. The molecule has 220 valence electrons. The number of ketones is 3. The van der Waals surface area contributed by atoms with Crippen LogP contribution >= 0.6 is 0 Å². The van der Waals surface area contributed by atoms with Crippen molar-refractivity contribution in [1.29, 1.82) is 0 Å². The number of carbonyl (C=O) groups excluding carboxylic acids is 3. The molecular weight excluding hydrogens is 526 g/mol. The number of fused-ring (bicyclic) bond motifs is 3. The maximum Gasteiger partial charge on any atom is 0.202 e. The molecule has 3 fully saturated rings. The van der Waals surface area contributed by atoms with Gasteiger partial charge in [-0.05, 0) is 69.7 Å². The second-order valence-electron chi connectivity index (χ2n) is 13.3. The zero-order valence-corrected chi connectivity index (χ0v) is 24.3. The fraction of sp³-hybridized carbons (Fsp3) is 0.581. The van der Waals surface area contributed by atoms with Gasteiger partial charge in [0.2, 0.25) is 5.78 Å². The van der Waals surface area contributed by atoms with Crippen LogP contribution in [0, 0.1) is 17.3 Å². The van der Waals surface area contributed by atoms with Crippen LogP contribution < -0.4 is 4.90 Å². The number of anilines is 1. The van der Waals surface area contributed by atoms with E-state index in [1.807, 2.05) is 25.1 Å². The smallest absolute Gasteiger partial charge is 0.202 e. The minimum atomic E-state index is -2.56. The third-order valence-corrected chi connectivity index (χ3v) is 10.3. The molecule has 0 radical (unpaired) electrons. The number of aliphatic hydroxyl groups excluding tert-OH is 2. The Kier molecular flexibility index (Phi) is 6.23. The summed E-state index contributed by atoms with van der Waals surface area (Å²) in [5.74, 6) is -5.41. The second-order valence-corrected chi connectivity index (χ2v) is 13.3. The van der Waals surface area contributed by atoms with E-state index < -0.39 is 57.9 Å². The number of phenols is 1. The number of likely N-dealkylation sites (tertiary alicyclic amines) is 1. The molecule has 1 heterocycles. The summed E-state index contributed by atoms with van der Waals surface area (Å²) < 4.78 is 0. The van der Waals surface area contributed by atoms with E-state index in [1.54, 1.807) is 19.0 Å². The van der Waals surface area contributed by atoms with Crippen molar-refractivity contribution in [3.63, 3.8) is 0 Å². The summed E-state index contributed by atoms with van der Waals surface area (Å²) in [4.78, 5) is 45.6. The molecule has 0 aromatic heterocycles.